The van der Waals surface area contributed by atoms with Crippen LogP contribution in [0.2, 0.25) is 0 Å². The summed E-state index contributed by atoms with van der Waals surface area (Å²) in [4.78, 5) is 34.5. The second kappa shape index (κ2) is 7.96. The lowest BCUT2D eigenvalue weighted by molar-refractivity contribution is -0.159. The Morgan fingerprint density at radius 2 is 1.85 bits per heavy atom. The van der Waals surface area contributed by atoms with Crippen molar-refractivity contribution in [2.45, 2.75) is 37.7 Å². The summed E-state index contributed by atoms with van der Waals surface area (Å²) in [6, 6.07) is 5.88. The number of nitrogens with two attached hydrogens (primary N) is 1. The lowest BCUT2D eigenvalue weighted by Crippen LogP contribution is -2.41. The Morgan fingerprint density at radius 3 is 2.38 bits per heavy atom. The molecule has 1 amide bonds. The van der Waals surface area contributed by atoms with Gasteiger partial charge in [0.15, 0.2) is 11.9 Å². The van der Waals surface area contributed by atoms with Crippen molar-refractivity contribution in [2.24, 2.45) is 11.7 Å². The van der Waals surface area contributed by atoms with Gasteiger partial charge in [-0.2, -0.15) is 4.31 Å². The number of sulfonamides is 1. The fourth-order valence-electron chi connectivity index (χ4n) is 2.69. The summed E-state index contributed by atoms with van der Waals surface area (Å²) in [6.07, 6.45) is -0.440. The number of carbonyl (C=O) groups is 3. The first-order chi connectivity index (χ1) is 12.1. The molecule has 1 fully saturated rings. The Kier molecular flexibility index (Phi) is 6.14. The Morgan fingerprint density at radius 1 is 1.23 bits per heavy atom. The molecular weight excluding hydrogens is 360 g/mol. The number of ketones is 1. The summed E-state index contributed by atoms with van der Waals surface area (Å²) >= 11 is 0. The number of rotatable bonds is 6. The molecule has 1 aliphatic rings. The number of primary amides is 1. The Hall–Kier alpha value is -2.26. The first-order valence-electron chi connectivity index (χ1n) is 8.24. The Bertz CT molecular complexity index is 812. The minimum atomic E-state index is -3.75. The molecule has 0 saturated carbocycles. The number of esters is 1. The molecule has 142 valence electrons. The second-order valence-corrected chi connectivity index (χ2v) is 8.18. The van der Waals surface area contributed by atoms with E-state index in [4.69, 9.17) is 10.5 Å². The molecule has 8 nitrogen and oxygen atoms in total. The molecule has 1 aliphatic heterocycles. The summed E-state index contributed by atoms with van der Waals surface area (Å²) in [5, 5.41) is 0. The third-order valence-electron chi connectivity index (χ3n) is 4.36. The molecule has 2 N–H and O–H groups in total. The fraction of sp³-hybridized carbons (Fsp3) is 0.471. The number of nitrogens with zero attached hydrogens (tertiary/aromatic N) is 1. The first kappa shape index (κ1) is 20.1. The molecule has 1 saturated heterocycles. The molecule has 1 aromatic carbocycles. The number of hydrogen-bond acceptors (Lipinski definition) is 6. The van der Waals surface area contributed by atoms with Crippen LogP contribution < -0.4 is 5.73 Å². The van der Waals surface area contributed by atoms with Crippen LogP contribution in [-0.2, 0) is 24.3 Å². The van der Waals surface area contributed by atoms with Crippen LogP contribution >= 0.6 is 0 Å². The van der Waals surface area contributed by atoms with Crippen LogP contribution in [0.1, 0.15) is 37.0 Å². The third kappa shape index (κ3) is 4.47. The van der Waals surface area contributed by atoms with Gasteiger partial charge in [-0.25, -0.2) is 8.42 Å². The number of benzene rings is 1. The van der Waals surface area contributed by atoms with E-state index in [1.807, 2.05) is 0 Å². The summed E-state index contributed by atoms with van der Waals surface area (Å²) in [5.74, 6) is -1.98. The molecule has 2 rings (SSSR count). The Labute approximate surface area is 152 Å². The zero-order valence-electron chi connectivity index (χ0n) is 14.7. The van der Waals surface area contributed by atoms with Crippen molar-refractivity contribution in [3.05, 3.63) is 29.8 Å². The standard InChI is InChI=1S/C17H22N2O6S/c1-11(20)14-4-3-5-15(10-14)26(23,24)19-8-6-13(7-9-19)17(22)25-12(2)16(18)21/h3-5,10,12-13H,6-9H2,1-2H3,(H2,18,21)/t12-/m0/s1. The quantitative estimate of drug-likeness (QED) is 0.571. The van der Waals surface area contributed by atoms with E-state index in [1.165, 1.54) is 36.4 Å². The van der Waals surface area contributed by atoms with Crippen LogP contribution in [0.3, 0.4) is 0 Å². The average Bonchev–Trinajstić information content (AvgIpc) is 2.61. The number of piperidine rings is 1. The van der Waals surface area contributed by atoms with Gasteiger partial charge >= 0.3 is 5.97 Å². The zero-order chi connectivity index (χ0) is 19.5. The third-order valence-corrected chi connectivity index (χ3v) is 6.25. The minimum Gasteiger partial charge on any atom is -0.452 e. The molecule has 0 aliphatic carbocycles. The zero-order valence-corrected chi connectivity index (χ0v) is 15.5. The Balaban J connectivity index is 2.04. The van der Waals surface area contributed by atoms with E-state index in [1.54, 1.807) is 6.07 Å². The van der Waals surface area contributed by atoms with E-state index in [9.17, 15) is 22.8 Å². The van der Waals surface area contributed by atoms with Crippen LogP contribution in [0.15, 0.2) is 29.2 Å². The molecule has 26 heavy (non-hydrogen) atoms. The smallest absolute Gasteiger partial charge is 0.309 e. The number of ether oxygens (including phenoxy) is 1. The molecule has 0 radical (unpaired) electrons. The molecule has 0 spiro atoms. The van der Waals surface area contributed by atoms with Crippen LogP contribution in [0, 0.1) is 5.92 Å². The van der Waals surface area contributed by atoms with Crippen molar-refractivity contribution in [1.29, 1.82) is 0 Å². The predicted octanol–water partition coefficient (Wildman–Crippen LogP) is 0.707. The van der Waals surface area contributed by atoms with Gasteiger partial charge in [-0.05, 0) is 38.8 Å². The van der Waals surface area contributed by atoms with Crippen LogP contribution in [0.5, 0.6) is 0 Å². The summed E-state index contributed by atoms with van der Waals surface area (Å²) in [5.41, 5.74) is 5.39. The molecule has 1 heterocycles. The maximum absolute atomic E-state index is 12.7. The maximum atomic E-state index is 12.7. The SMILES string of the molecule is CC(=O)c1cccc(S(=O)(=O)N2CCC(C(=O)O[C@@H](C)C(N)=O)CC2)c1. The van der Waals surface area contributed by atoms with E-state index >= 15 is 0 Å². The highest BCUT2D eigenvalue weighted by Gasteiger charge is 2.33. The first-order valence-corrected chi connectivity index (χ1v) is 9.68. The van der Waals surface area contributed by atoms with Crippen LogP contribution in [0.4, 0.5) is 0 Å². The average molecular weight is 382 g/mol. The van der Waals surface area contributed by atoms with Gasteiger partial charge in [0.1, 0.15) is 0 Å². The highest BCUT2D eigenvalue weighted by molar-refractivity contribution is 7.89. The highest BCUT2D eigenvalue weighted by atomic mass is 32.2. The van der Waals surface area contributed by atoms with Gasteiger partial charge in [-0.1, -0.05) is 12.1 Å². The largest absolute Gasteiger partial charge is 0.452 e. The molecule has 9 heteroatoms. The van der Waals surface area contributed by atoms with Gasteiger partial charge in [0.2, 0.25) is 10.0 Å². The van der Waals surface area contributed by atoms with Crippen molar-refractivity contribution < 1.29 is 27.5 Å². The van der Waals surface area contributed by atoms with E-state index in [0.29, 0.717) is 5.56 Å². The van der Waals surface area contributed by atoms with Gasteiger partial charge in [-0.15, -0.1) is 0 Å². The fourth-order valence-corrected chi connectivity index (χ4v) is 4.20. The van der Waals surface area contributed by atoms with Gasteiger partial charge < -0.3 is 10.5 Å². The van der Waals surface area contributed by atoms with Crippen molar-refractivity contribution in [2.75, 3.05) is 13.1 Å². The number of hydrogen-bond donors (Lipinski definition) is 1. The predicted molar refractivity (Wildman–Crippen MR) is 92.7 cm³/mol. The van der Waals surface area contributed by atoms with Gasteiger partial charge in [-0.3, -0.25) is 14.4 Å². The topological polar surface area (TPSA) is 124 Å². The lowest BCUT2D eigenvalue weighted by Gasteiger charge is -2.30. The van der Waals surface area contributed by atoms with E-state index in [2.05, 4.69) is 0 Å². The molecule has 0 aromatic heterocycles. The molecule has 1 atom stereocenters. The van der Waals surface area contributed by atoms with E-state index in [-0.39, 0.29) is 36.6 Å². The normalized spacial score (nSPS) is 17.5. The molecular formula is C17H22N2O6S. The van der Waals surface area contributed by atoms with Crippen molar-refractivity contribution in [1.82, 2.24) is 4.31 Å². The summed E-state index contributed by atoms with van der Waals surface area (Å²) < 4.78 is 31.8. The number of amides is 1. The monoisotopic (exact) mass is 382 g/mol. The maximum Gasteiger partial charge on any atom is 0.309 e. The van der Waals surface area contributed by atoms with Gasteiger partial charge in [0.25, 0.3) is 5.91 Å². The molecule has 0 unspecified atom stereocenters. The van der Waals surface area contributed by atoms with Gasteiger partial charge in [0.05, 0.1) is 10.8 Å². The van der Waals surface area contributed by atoms with Gasteiger partial charge in [0, 0.05) is 18.7 Å². The summed E-state index contributed by atoms with van der Waals surface area (Å²) in [7, 11) is -3.75. The van der Waals surface area contributed by atoms with Crippen LogP contribution in [-0.4, -0.2) is 49.6 Å². The lowest BCUT2D eigenvalue weighted by atomic mass is 9.98. The number of carbonyl (C=O) groups excluding carboxylic acids is 3. The van der Waals surface area contributed by atoms with Crippen molar-refractivity contribution >= 4 is 27.7 Å². The van der Waals surface area contributed by atoms with Crippen LogP contribution in [0.25, 0.3) is 0 Å². The van der Waals surface area contributed by atoms with Crippen molar-refractivity contribution in [3.63, 3.8) is 0 Å². The highest BCUT2D eigenvalue weighted by Crippen LogP contribution is 2.25. The number of Topliss-reactive ketones (excluding diaryl/α,β-unsaturated/α-hetero) is 1. The van der Waals surface area contributed by atoms with E-state index < -0.39 is 33.9 Å². The molecule has 1 aromatic rings. The van der Waals surface area contributed by atoms with E-state index in [0.717, 1.165) is 0 Å². The minimum absolute atomic E-state index is 0.0496. The molecule has 0 bridgehead atoms. The second-order valence-electron chi connectivity index (χ2n) is 6.24. The summed E-state index contributed by atoms with van der Waals surface area (Å²) in [6.45, 7) is 3.06. The van der Waals surface area contributed by atoms with Crippen molar-refractivity contribution in [3.8, 4) is 0 Å².